The monoisotopic (exact) mass is 241 g/mol. The summed E-state index contributed by atoms with van der Waals surface area (Å²) in [4.78, 5) is 11.2. The SMILES string of the molecule is CCOc1ccc(CNC(=O)C(C)Cl)cc1. The zero-order valence-corrected chi connectivity index (χ0v) is 10.3. The van der Waals surface area contributed by atoms with Gasteiger partial charge in [-0.05, 0) is 31.5 Å². The quantitative estimate of drug-likeness (QED) is 0.804. The van der Waals surface area contributed by atoms with E-state index >= 15 is 0 Å². The number of rotatable bonds is 5. The van der Waals surface area contributed by atoms with Crippen LogP contribution >= 0.6 is 11.6 Å². The molecule has 4 heteroatoms. The van der Waals surface area contributed by atoms with Crippen molar-refractivity contribution in [1.82, 2.24) is 5.32 Å². The molecule has 1 aromatic carbocycles. The molecule has 0 radical (unpaired) electrons. The van der Waals surface area contributed by atoms with Crippen molar-refractivity contribution < 1.29 is 9.53 Å². The highest BCUT2D eigenvalue weighted by molar-refractivity contribution is 6.30. The summed E-state index contributed by atoms with van der Waals surface area (Å²) < 4.78 is 5.32. The molecule has 0 bridgehead atoms. The lowest BCUT2D eigenvalue weighted by Gasteiger charge is -2.07. The number of carbonyl (C=O) groups is 1. The van der Waals surface area contributed by atoms with E-state index in [0.29, 0.717) is 13.2 Å². The number of nitrogens with one attached hydrogen (secondary N) is 1. The van der Waals surface area contributed by atoms with Crippen LogP contribution in [0, 0.1) is 0 Å². The highest BCUT2D eigenvalue weighted by Gasteiger charge is 2.07. The van der Waals surface area contributed by atoms with Crippen LogP contribution in [0.25, 0.3) is 0 Å². The Labute approximate surface area is 101 Å². The predicted octanol–water partition coefficient (Wildman–Crippen LogP) is 2.33. The summed E-state index contributed by atoms with van der Waals surface area (Å²) in [5.74, 6) is 0.679. The number of hydrogen-bond donors (Lipinski definition) is 1. The van der Waals surface area contributed by atoms with Crippen molar-refractivity contribution in [3.8, 4) is 5.75 Å². The second-order valence-corrected chi connectivity index (χ2v) is 4.07. The highest BCUT2D eigenvalue weighted by Crippen LogP contribution is 2.11. The lowest BCUT2D eigenvalue weighted by atomic mass is 10.2. The van der Waals surface area contributed by atoms with E-state index in [0.717, 1.165) is 11.3 Å². The number of benzene rings is 1. The first-order chi connectivity index (χ1) is 7.63. The fourth-order valence-electron chi connectivity index (χ4n) is 1.20. The van der Waals surface area contributed by atoms with Crippen molar-refractivity contribution in [2.24, 2.45) is 0 Å². The summed E-state index contributed by atoms with van der Waals surface area (Å²) in [6.07, 6.45) is 0. The second-order valence-electron chi connectivity index (χ2n) is 3.41. The van der Waals surface area contributed by atoms with Gasteiger partial charge in [0.1, 0.15) is 11.1 Å². The molecule has 0 aromatic heterocycles. The Morgan fingerprint density at radius 3 is 2.56 bits per heavy atom. The number of hydrogen-bond acceptors (Lipinski definition) is 2. The van der Waals surface area contributed by atoms with Crippen LogP contribution in [-0.2, 0) is 11.3 Å². The summed E-state index contributed by atoms with van der Waals surface area (Å²) in [6, 6.07) is 7.61. The lowest BCUT2D eigenvalue weighted by molar-refractivity contribution is -0.120. The number of carbonyl (C=O) groups excluding carboxylic acids is 1. The Hall–Kier alpha value is -1.22. The molecule has 1 amide bonds. The van der Waals surface area contributed by atoms with Gasteiger partial charge in [-0.1, -0.05) is 12.1 Å². The first kappa shape index (κ1) is 12.8. The van der Waals surface area contributed by atoms with Crippen LogP contribution in [0.5, 0.6) is 5.75 Å². The van der Waals surface area contributed by atoms with Crippen molar-refractivity contribution in [3.05, 3.63) is 29.8 Å². The van der Waals surface area contributed by atoms with Crippen LogP contribution in [0.1, 0.15) is 19.4 Å². The van der Waals surface area contributed by atoms with E-state index in [2.05, 4.69) is 5.32 Å². The van der Waals surface area contributed by atoms with Crippen LogP contribution < -0.4 is 10.1 Å². The van der Waals surface area contributed by atoms with Crippen molar-refractivity contribution in [2.45, 2.75) is 25.8 Å². The third kappa shape index (κ3) is 4.11. The third-order valence-corrected chi connectivity index (χ3v) is 2.26. The first-order valence-corrected chi connectivity index (χ1v) is 5.70. The summed E-state index contributed by atoms with van der Waals surface area (Å²) in [7, 11) is 0. The van der Waals surface area contributed by atoms with Crippen LogP contribution in [-0.4, -0.2) is 17.9 Å². The molecule has 0 saturated carbocycles. The molecule has 1 N–H and O–H groups in total. The Bertz CT molecular complexity index is 335. The maximum absolute atomic E-state index is 11.2. The van der Waals surface area contributed by atoms with Gasteiger partial charge < -0.3 is 10.1 Å². The number of halogens is 1. The Morgan fingerprint density at radius 1 is 1.44 bits per heavy atom. The largest absolute Gasteiger partial charge is 0.494 e. The van der Waals surface area contributed by atoms with Gasteiger partial charge >= 0.3 is 0 Å². The topological polar surface area (TPSA) is 38.3 Å². The Kier molecular flexibility index (Phi) is 5.12. The molecule has 88 valence electrons. The highest BCUT2D eigenvalue weighted by atomic mass is 35.5. The minimum atomic E-state index is -0.498. The van der Waals surface area contributed by atoms with Crippen LogP contribution in [0.3, 0.4) is 0 Å². The fraction of sp³-hybridized carbons (Fsp3) is 0.417. The van der Waals surface area contributed by atoms with E-state index in [1.165, 1.54) is 0 Å². The molecular weight excluding hydrogens is 226 g/mol. The molecule has 3 nitrogen and oxygen atoms in total. The molecule has 16 heavy (non-hydrogen) atoms. The molecule has 1 atom stereocenters. The van der Waals surface area contributed by atoms with Gasteiger partial charge in [0, 0.05) is 6.54 Å². The molecule has 1 aromatic rings. The van der Waals surface area contributed by atoms with Crippen molar-refractivity contribution in [3.63, 3.8) is 0 Å². The number of amides is 1. The smallest absolute Gasteiger partial charge is 0.238 e. The van der Waals surface area contributed by atoms with Crippen LogP contribution in [0.15, 0.2) is 24.3 Å². The van der Waals surface area contributed by atoms with Gasteiger partial charge in [0.2, 0.25) is 5.91 Å². The van der Waals surface area contributed by atoms with E-state index < -0.39 is 5.38 Å². The summed E-state index contributed by atoms with van der Waals surface area (Å²) in [5, 5.41) is 2.24. The van der Waals surface area contributed by atoms with E-state index in [4.69, 9.17) is 16.3 Å². The van der Waals surface area contributed by atoms with E-state index in [1.807, 2.05) is 31.2 Å². The normalized spacial score (nSPS) is 11.9. The second kappa shape index (κ2) is 6.38. The fourth-order valence-corrected chi connectivity index (χ4v) is 1.28. The minimum absolute atomic E-state index is 0.157. The van der Waals surface area contributed by atoms with Crippen molar-refractivity contribution >= 4 is 17.5 Å². The van der Waals surface area contributed by atoms with E-state index in [-0.39, 0.29) is 5.91 Å². The van der Waals surface area contributed by atoms with Gasteiger partial charge in [-0.25, -0.2) is 0 Å². The van der Waals surface area contributed by atoms with Crippen LogP contribution in [0.2, 0.25) is 0 Å². The van der Waals surface area contributed by atoms with Crippen molar-refractivity contribution in [1.29, 1.82) is 0 Å². The summed E-state index contributed by atoms with van der Waals surface area (Å²) in [6.45, 7) is 4.73. The average Bonchev–Trinajstić information content (AvgIpc) is 2.28. The molecule has 0 spiro atoms. The van der Waals surface area contributed by atoms with E-state index in [1.54, 1.807) is 6.92 Å². The maximum atomic E-state index is 11.2. The predicted molar refractivity (Wildman–Crippen MR) is 64.8 cm³/mol. The molecule has 0 aliphatic rings. The number of alkyl halides is 1. The van der Waals surface area contributed by atoms with Gasteiger partial charge in [0.25, 0.3) is 0 Å². The minimum Gasteiger partial charge on any atom is -0.494 e. The third-order valence-electron chi connectivity index (χ3n) is 2.06. The van der Waals surface area contributed by atoms with E-state index in [9.17, 15) is 4.79 Å². The van der Waals surface area contributed by atoms with Crippen molar-refractivity contribution in [2.75, 3.05) is 6.61 Å². The van der Waals surface area contributed by atoms with Gasteiger partial charge in [0.05, 0.1) is 6.61 Å². The maximum Gasteiger partial charge on any atom is 0.238 e. The summed E-state index contributed by atoms with van der Waals surface area (Å²) in [5.41, 5.74) is 1.02. The molecule has 0 heterocycles. The molecule has 0 aliphatic carbocycles. The zero-order chi connectivity index (χ0) is 12.0. The average molecular weight is 242 g/mol. The first-order valence-electron chi connectivity index (χ1n) is 5.27. The molecule has 0 fully saturated rings. The van der Waals surface area contributed by atoms with Gasteiger partial charge in [-0.15, -0.1) is 11.6 Å². The van der Waals surface area contributed by atoms with Crippen LogP contribution in [0.4, 0.5) is 0 Å². The molecule has 1 rings (SSSR count). The zero-order valence-electron chi connectivity index (χ0n) is 9.50. The van der Waals surface area contributed by atoms with Gasteiger partial charge in [-0.2, -0.15) is 0 Å². The lowest BCUT2D eigenvalue weighted by Crippen LogP contribution is -2.28. The Balaban J connectivity index is 2.46. The van der Waals surface area contributed by atoms with Gasteiger partial charge in [0.15, 0.2) is 0 Å². The summed E-state index contributed by atoms with van der Waals surface area (Å²) >= 11 is 5.63. The Morgan fingerprint density at radius 2 is 2.06 bits per heavy atom. The molecule has 1 unspecified atom stereocenters. The molecule has 0 saturated heterocycles. The molecular formula is C12H16ClNO2. The van der Waals surface area contributed by atoms with Gasteiger partial charge in [-0.3, -0.25) is 4.79 Å². The molecule has 0 aliphatic heterocycles. The number of ether oxygens (including phenoxy) is 1. The standard InChI is InChI=1S/C12H16ClNO2/c1-3-16-11-6-4-10(5-7-11)8-14-12(15)9(2)13/h4-7,9H,3,8H2,1-2H3,(H,14,15).